The van der Waals surface area contributed by atoms with Crippen molar-refractivity contribution < 1.29 is 14.2 Å². The average Bonchev–Trinajstić information content (AvgIpc) is 2.36. The van der Waals surface area contributed by atoms with E-state index in [1.54, 1.807) is 21.3 Å². The molecule has 1 rings (SSSR count). The van der Waals surface area contributed by atoms with Crippen LogP contribution < -0.4 is 15.2 Å². The van der Waals surface area contributed by atoms with Crippen molar-refractivity contribution >= 4 is 6.08 Å². The van der Waals surface area contributed by atoms with E-state index in [1.807, 2.05) is 24.3 Å². The second-order valence-corrected chi connectivity index (χ2v) is 3.48. The molecule has 0 amide bonds. The normalized spacial score (nSPS) is 10.8. The Bertz CT molecular complexity index is 388. The minimum Gasteiger partial charge on any atom is -0.497 e. The van der Waals surface area contributed by atoms with Crippen LogP contribution in [0.4, 0.5) is 0 Å². The molecule has 0 fully saturated rings. The van der Waals surface area contributed by atoms with Crippen molar-refractivity contribution in [2.75, 3.05) is 27.9 Å². The van der Waals surface area contributed by atoms with Gasteiger partial charge in [-0.25, -0.2) is 0 Å². The van der Waals surface area contributed by atoms with Gasteiger partial charge in [0.15, 0.2) is 0 Å². The van der Waals surface area contributed by atoms with Gasteiger partial charge in [-0.3, -0.25) is 0 Å². The zero-order valence-corrected chi connectivity index (χ0v) is 10.5. The summed E-state index contributed by atoms with van der Waals surface area (Å²) in [6, 6.07) is 3.81. The predicted molar refractivity (Wildman–Crippen MR) is 68.3 cm³/mol. The summed E-state index contributed by atoms with van der Waals surface area (Å²) in [6.07, 6.45) is 3.79. The highest BCUT2D eigenvalue weighted by molar-refractivity contribution is 5.62. The molecule has 0 aliphatic rings. The summed E-state index contributed by atoms with van der Waals surface area (Å²) in [5, 5.41) is 0. The minimum atomic E-state index is 0.476. The number of benzene rings is 1. The molecular formula is C13H19NO3. The van der Waals surface area contributed by atoms with Gasteiger partial charge in [0.25, 0.3) is 0 Å². The zero-order valence-electron chi connectivity index (χ0n) is 10.5. The molecule has 0 bridgehead atoms. The van der Waals surface area contributed by atoms with Gasteiger partial charge >= 0.3 is 0 Å². The van der Waals surface area contributed by atoms with Gasteiger partial charge in [0, 0.05) is 24.8 Å². The second-order valence-electron chi connectivity index (χ2n) is 3.48. The molecule has 0 unspecified atom stereocenters. The number of ether oxygens (including phenoxy) is 3. The Morgan fingerprint density at radius 2 is 1.94 bits per heavy atom. The molecule has 0 radical (unpaired) electrons. The van der Waals surface area contributed by atoms with Crippen molar-refractivity contribution in [3.8, 4) is 11.5 Å². The summed E-state index contributed by atoms with van der Waals surface area (Å²) in [6.45, 7) is 0.962. The number of rotatable bonds is 6. The topological polar surface area (TPSA) is 53.7 Å². The quantitative estimate of drug-likeness (QED) is 0.820. The lowest BCUT2D eigenvalue weighted by atomic mass is 10.1. The lowest BCUT2D eigenvalue weighted by Crippen LogP contribution is -1.99. The fourth-order valence-corrected chi connectivity index (χ4v) is 1.63. The van der Waals surface area contributed by atoms with Crippen LogP contribution in [0.3, 0.4) is 0 Å². The zero-order chi connectivity index (χ0) is 12.7. The summed E-state index contributed by atoms with van der Waals surface area (Å²) in [5.74, 6) is 1.56. The van der Waals surface area contributed by atoms with Crippen molar-refractivity contribution in [3.05, 3.63) is 29.3 Å². The SMILES string of the molecule is COCc1cc(OC)cc(/C=C/CN)c1OC. The lowest BCUT2D eigenvalue weighted by molar-refractivity contribution is 0.181. The van der Waals surface area contributed by atoms with E-state index in [4.69, 9.17) is 19.9 Å². The van der Waals surface area contributed by atoms with E-state index >= 15 is 0 Å². The average molecular weight is 237 g/mol. The first-order valence-corrected chi connectivity index (χ1v) is 5.37. The van der Waals surface area contributed by atoms with Crippen LogP contribution in [0, 0.1) is 0 Å². The molecule has 0 atom stereocenters. The van der Waals surface area contributed by atoms with Crippen LogP contribution in [-0.4, -0.2) is 27.9 Å². The Kier molecular flexibility index (Phi) is 5.52. The molecule has 0 spiro atoms. The molecular weight excluding hydrogens is 218 g/mol. The van der Waals surface area contributed by atoms with Crippen molar-refractivity contribution in [2.24, 2.45) is 5.73 Å². The molecule has 0 heterocycles. The Labute approximate surface area is 102 Å². The molecule has 0 aliphatic carbocycles. The highest BCUT2D eigenvalue weighted by Crippen LogP contribution is 2.30. The third-order valence-corrected chi connectivity index (χ3v) is 2.34. The smallest absolute Gasteiger partial charge is 0.131 e. The van der Waals surface area contributed by atoms with Crippen LogP contribution in [0.5, 0.6) is 11.5 Å². The molecule has 0 saturated carbocycles. The second kappa shape index (κ2) is 6.93. The van der Waals surface area contributed by atoms with Crippen molar-refractivity contribution in [1.82, 2.24) is 0 Å². The van der Waals surface area contributed by atoms with Crippen LogP contribution in [0.15, 0.2) is 18.2 Å². The Balaban J connectivity index is 3.23. The Morgan fingerprint density at radius 3 is 2.47 bits per heavy atom. The summed E-state index contributed by atoms with van der Waals surface area (Å²) in [4.78, 5) is 0. The lowest BCUT2D eigenvalue weighted by Gasteiger charge is -2.13. The van der Waals surface area contributed by atoms with E-state index in [1.165, 1.54) is 0 Å². The van der Waals surface area contributed by atoms with Gasteiger partial charge in [0.2, 0.25) is 0 Å². The van der Waals surface area contributed by atoms with Crippen molar-refractivity contribution in [3.63, 3.8) is 0 Å². The molecule has 1 aromatic carbocycles. The maximum absolute atomic E-state index is 5.45. The fourth-order valence-electron chi connectivity index (χ4n) is 1.63. The van der Waals surface area contributed by atoms with E-state index in [0.29, 0.717) is 13.2 Å². The molecule has 1 aromatic rings. The Hall–Kier alpha value is -1.52. The van der Waals surface area contributed by atoms with E-state index in [-0.39, 0.29) is 0 Å². The third kappa shape index (κ3) is 3.47. The van der Waals surface area contributed by atoms with E-state index < -0.39 is 0 Å². The monoisotopic (exact) mass is 237 g/mol. The molecule has 17 heavy (non-hydrogen) atoms. The van der Waals surface area contributed by atoms with Crippen LogP contribution in [-0.2, 0) is 11.3 Å². The minimum absolute atomic E-state index is 0.476. The van der Waals surface area contributed by atoms with Crippen LogP contribution in [0.1, 0.15) is 11.1 Å². The number of hydrogen-bond acceptors (Lipinski definition) is 4. The van der Waals surface area contributed by atoms with Crippen LogP contribution >= 0.6 is 0 Å². The van der Waals surface area contributed by atoms with Crippen molar-refractivity contribution in [2.45, 2.75) is 6.61 Å². The first kappa shape index (κ1) is 13.5. The predicted octanol–water partition coefficient (Wildman–Crippen LogP) is 1.82. The highest BCUT2D eigenvalue weighted by Gasteiger charge is 2.10. The van der Waals surface area contributed by atoms with E-state index in [9.17, 15) is 0 Å². The van der Waals surface area contributed by atoms with Gasteiger partial charge in [-0.05, 0) is 12.1 Å². The van der Waals surface area contributed by atoms with Gasteiger partial charge in [0.05, 0.1) is 20.8 Å². The summed E-state index contributed by atoms with van der Waals surface area (Å²) < 4.78 is 15.8. The first-order valence-electron chi connectivity index (χ1n) is 5.37. The van der Waals surface area contributed by atoms with Crippen LogP contribution in [0.25, 0.3) is 6.08 Å². The maximum Gasteiger partial charge on any atom is 0.131 e. The summed E-state index contributed by atoms with van der Waals surface area (Å²) in [5.41, 5.74) is 7.34. The number of hydrogen-bond donors (Lipinski definition) is 1. The molecule has 4 nitrogen and oxygen atoms in total. The molecule has 0 saturated heterocycles. The molecule has 2 N–H and O–H groups in total. The number of nitrogens with two attached hydrogens (primary N) is 1. The summed E-state index contributed by atoms with van der Waals surface area (Å²) in [7, 11) is 4.92. The standard InChI is InChI=1S/C13H19NO3/c1-15-9-11-8-12(16-2)7-10(5-4-6-14)13(11)17-3/h4-5,7-8H,6,9,14H2,1-3H3/b5-4+. The van der Waals surface area contributed by atoms with Gasteiger partial charge in [-0.2, -0.15) is 0 Å². The van der Waals surface area contributed by atoms with E-state index in [2.05, 4.69) is 0 Å². The Morgan fingerprint density at radius 1 is 1.18 bits per heavy atom. The molecule has 0 aliphatic heterocycles. The fraction of sp³-hybridized carbons (Fsp3) is 0.385. The van der Waals surface area contributed by atoms with Crippen LogP contribution in [0.2, 0.25) is 0 Å². The number of methoxy groups -OCH3 is 3. The maximum atomic E-state index is 5.45. The van der Waals surface area contributed by atoms with Gasteiger partial charge in [0.1, 0.15) is 11.5 Å². The van der Waals surface area contributed by atoms with Gasteiger partial charge < -0.3 is 19.9 Å². The molecule has 94 valence electrons. The third-order valence-electron chi connectivity index (χ3n) is 2.34. The van der Waals surface area contributed by atoms with Crippen molar-refractivity contribution in [1.29, 1.82) is 0 Å². The largest absolute Gasteiger partial charge is 0.497 e. The molecule has 0 aromatic heterocycles. The highest BCUT2D eigenvalue weighted by atomic mass is 16.5. The van der Waals surface area contributed by atoms with Gasteiger partial charge in [-0.15, -0.1) is 0 Å². The van der Waals surface area contributed by atoms with Gasteiger partial charge in [-0.1, -0.05) is 12.2 Å². The summed E-state index contributed by atoms with van der Waals surface area (Å²) >= 11 is 0. The molecule has 4 heteroatoms. The van der Waals surface area contributed by atoms with E-state index in [0.717, 1.165) is 22.6 Å². The first-order chi connectivity index (χ1) is 8.26.